The largest absolute Gasteiger partial charge is 3.00 e. The van der Waals surface area contributed by atoms with Gasteiger partial charge in [0.05, 0.1) is 0 Å². The topological polar surface area (TPSA) is 0 Å². The second-order valence-corrected chi connectivity index (χ2v) is 4.44. The van der Waals surface area contributed by atoms with E-state index in [1.807, 2.05) is 0 Å². The summed E-state index contributed by atoms with van der Waals surface area (Å²) in [6.07, 6.45) is 7.95. The minimum Gasteiger partial charge on any atom is -1.00 e. The van der Waals surface area contributed by atoms with E-state index in [0.29, 0.717) is 0 Å². The molecule has 0 atom stereocenters. The first kappa shape index (κ1) is 19.8. The summed E-state index contributed by atoms with van der Waals surface area (Å²) in [4.78, 5) is 0. The Morgan fingerprint density at radius 2 is 1.59 bits per heavy atom. The number of halogens is 2. The van der Waals surface area contributed by atoms with Crippen LogP contribution in [-0.4, -0.2) is 0 Å². The molecule has 0 amide bonds. The minimum absolute atomic E-state index is 0. The van der Waals surface area contributed by atoms with Gasteiger partial charge in [-0.2, -0.15) is 17.2 Å². The second kappa shape index (κ2) is 7.77. The van der Waals surface area contributed by atoms with Gasteiger partial charge in [-0.15, -0.1) is 17.2 Å². The third kappa shape index (κ3) is 3.95. The van der Waals surface area contributed by atoms with Crippen molar-refractivity contribution in [2.45, 2.75) is 40.5 Å². The van der Waals surface area contributed by atoms with Gasteiger partial charge in [-0.05, 0) is 13.8 Å². The van der Waals surface area contributed by atoms with Crippen molar-refractivity contribution in [1.29, 1.82) is 0 Å². The van der Waals surface area contributed by atoms with Gasteiger partial charge in [-0.3, -0.25) is 0 Å². The Balaban J connectivity index is 0. The molecule has 2 rings (SSSR count). The molecule has 17 heavy (non-hydrogen) atoms. The standard InChI is InChI=1S/C14H17.2ClH.Zr/c1-9-5-6-14(12(9)4)13-7-10(2)11(3)8-13;;;/h7H,5,8H2,1-4H3;2*1H;/q-1;;;+3/p-2. The van der Waals surface area contributed by atoms with E-state index in [1.165, 1.54) is 33.4 Å². The van der Waals surface area contributed by atoms with Gasteiger partial charge >= 0.3 is 26.2 Å². The van der Waals surface area contributed by atoms with Crippen molar-refractivity contribution in [2.24, 2.45) is 0 Å². The normalized spacial score (nSPS) is 18.1. The fourth-order valence-electron chi connectivity index (χ4n) is 2.08. The molecule has 2 aliphatic carbocycles. The maximum atomic E-state index is 3.49. The maximum Gasteiger partial charge on any atom is 3.00 e. The minimum atomic E-state index is 0. The molecule has 0 fully saturated rings. The predicted molar refractivity (Wildman–Crippen MR) is 60.8 cm³/mol. The molecule has 0 spiro atoms. The predicted octanol–water partition coefficient (Wildman–Crippen LogP) is -1.87. The van der Waals surface area contributed by atoms with Crippen LogP contribution in [0.4, 0.5) is 0 Å². The summed E-state index contributed by atoms with van der Waals surface area (Å²) in [5.41, 5.74) is 8.70. The van der Waals surface area contributed by atoms with Crippen LogP contribution in [0.1, 0.15) is 40.5 Å². The number of hydrogen-bond acceptors (Lipinski definition) is 0. The molecule has 0 saturated carbocycles. The van der Waals surface area contributed by atoms with E-state index in [2.05, 4.69) is 39.8 Å². The molecule has 0 heterocycles. The van der Waals surface area contributed by atoms with Gasteiger partial charge in [-0.1, -0.05) is 37.8 Å². The average Bonchev–Trinajstić information content (AvgIpc) is 2.61. The summed E-state index contributed by atoms with van der Waals surface area (Å²) in [6, 6.07) is 0. The Morgan fingerprint density at radius 3 is 1.94 bits per heavy atom. The number of rotatable bonds is 1. The van der Waals surface area contributed by atoms with Crippen molar-refractivity contribution < 1.29 is 51.0 Å². The third-order valence-electron chi connectivity index (χ3n) is 3.39. The fraction of sp³-hybridized carbons (Fsp3) is 0.429. The van der Waals surface area contributed by atoms with E-state index in [0.717, 1.165) is 12.8 Å². The molecule has 0 aromatic heterocycles. The van der Waals surface area contributed by atoms with Crippen molar-refractivity contribution in [3.63, 3.8) is 0 Å². The molecule has 91 valence electrons. The van der Waals surface area contributed by atoms with Crippen LogP contribution >= 0.6 is 0 Å². The van der Waals surface area contributed by atoms with E-state index in [9.17, 15) is 0 Å². The summed E-state index contributed by atoms with van der Waals surface area (Å²) in [6.45, 7) is 8.84. The summed E-state index contributed by atoms with van der Waals surface area (Å²) in [7, 11) is 0. The summed E-state index contributed by atoms with van der Waals surface area (Å²) in [5, 5.41) is 0. The number of allylic oxidation sites excluding steroid dienone is 8. The zero-order chi connectivity index (χ0) is 10.3. The second-order valence-electron chi connectivity index (χ2n) is 4.44. The molecule has 0 aliphatic heterocycles. The molecular formula is C14H17Cl2Zr. The van der Waals surface area contributed by atoms with E-state index < -0.39 is 0 Å². The van der Waals surface area contributed by atoms with Crippen LogP contribution in [0.2, 0.25) is 0 Å². The van der Waals surface area contributed by atoms with Crippen LogP contribution in [-0.2, 0) is 26.2 Å². The molecule has 0 unspecified atom stereocenters. The van der Waals surface area contributed by atoms with Crippen LogP contribution in [0.15, 0.2) is 39.5 Å². The van der Waals surface area contributed by atoms with Crippen molar-refractivity contribution in [1.82, 2.24) is 0 Å². The Kier molecular flexibility index (Phi) is 9.03. The zero-order valence-electron chi connectivity index (χ0n) is 10.7. The van der Waals surface area contributed by atoms with E-state index >= 15 is 0 Å². The molecule has 0 aromatic carbocycles. The average molecular weight is 347 g/mol. The van der Waals surface area contributed by atoms with Crippen molar-refractivity contribution >= 4 is 0 Å². The first-order valence-corrected chi connectivity index (χ1v) is 5.24. The molecule has 0 aromatic rings. The van der Waals surface area contributed by atoms with Gasteiger partial charge in [0, 0.05) is 0 Å². The number of hydrogen-bond donors (Lipinski definition) is 0. The molecule has 2 aliphatic rings. The summed E-state index contributed by atoms with van der Waals surface area (Å²) < 4.78 is 0. The summed E-state index contributed by atoms with van der Waals surface area (Å²) in [5.74, 6) is 0. The molecule has 0 saturated heterocycles. The van der Waals surface area contributed by atoms with Crippen LogP contribution in [0.3, 0.4) is 0 Å². The van der Waals surface area contributed by atoms with Crippen LogP contribution < -0.4 is 24.8 Å². The Labute approximate surface area is 136 Å². The Morgan fingerprint density at radius 1 is 1.00 bits per heavy atom. The fourth-order valence-corrected chi connectivity index (χ4v) is 2.08. The molecule has 0 N–H and O–H groups in total. The van der Waals surface area contributed by atoms with Crippen LogP contribution in [0.5, 0.6) is 0 Å². The zero-order valence-corrected chi connectivity index (χ0v) is 14.7. The van der Waals surface area contributed by atoms with E-state index in [-0.39, 0.29) is 51.0 Å². The molecule has 0 nitrogen and oxygen atoms in total. The SMILES string of the molecule is CC1=C(C)CC(C2=[C-]CC(C)=C2C)=C1.[Cl-].[Cl-].[Zr+3]. The Bertz CT molecular complexity index is 412. The van der Waals surface area contributed by atoms with Crippen molar-refractivity contribution in [3.05, 3.63) is 45.6 Å². The van der Waals surface area contributed by atoms with Crippen molar-refractivity contribution in [2.75, 3.05) is 0 Å². The van der Waals surface area contributed by atoms with Gasteiger partial charge in [0.25, 0.3) is 0 Å². The monoisotopic (exact) mass is 345 g/mol. The van der Waals surface area contributed by atoms with E-state index in [4.69, 9.17) is 0 Å². The van der Waals surface area contributed by atoms with Gasteiger partial charge < -0.3 is 24.8 Å². The quantitative estimate of drug-likeness (QED) is 0.488. The third-order valence-corrected chi connectivity index (χ3v) is 3.39. The van der Waals surface area contributed by atoms with Gasteiger partial charge in [0.15, 0.2) is 0 Å². The van der Waals surface area contributed by atoms with E-state index in [1.54, 1.807) is 0 Å². The molecule has 1 radical (unpaired) electrons. The van der Waals surface area contributed by atoms with Gasteiger partial charge in [0.2, 0.25) is 0 Å². The Hall–Kier alpha value is 0.423. The first-order valence-electron chi connectivity index (χ1n) is 5.24. The van der Waals surface area contributed by atoms with Crippen molar-refractivity contribution in [3.8, 4) is 0 Å². The van der Waals surface area contributed by atoms with Crippen LogP contribution in [0.25, 0.3) is 0 Å². The van der Waals surface area contributed by atoms with Gasteiger partial charge in [0.1, 0.15) is 0 Å². The summed E-state index contributed by atoms with van der Waals surface area (Å²) >= 11 is 0. The molecule has 3 heteroatoms. The molecule has 0 bridgehead atoms. The maximum absolute atomic E-state index is 3.49. The first-order chi connectivity index (χ1) is 6.59. The molecular weight excluding hydrogens is 330 g/mol. The van der Waals surface area contributed by atoms with Crippen LogP contribution in [0, 0.1) is 6.08 Å². The van der Waals surface area contributed by atoms with Gasteiger partial charge in [-0.25, -0.2) is 0 Å². The smallest absolute Gasteiger partial charge is 1.00 e.